The summed E-state index contributed by atoms with van der Waals surface area (Å²) < 4.78 is 0. The second kappa shape index (κ2) is 3.82. The van der Waals surface area contributed by atoms with Gasteiger partial charge < -0.3 is 10.2 Å². The van der Waals surface area contributed by atoms with Crippen LogP contribution in [0.2, 0.25) is 0 Å². The average molecular weight is 130 g/mol. The van der Waals surface area contributed by atoms with Crippen LogP contribution in [0.15, 0.2) is 0 Å². The van der Waals surface area contributed by atoms with Gasteiger partial charge in [-0.15, -0.1) is 0 Å². The van der Waals surface area contributed by atoms with Crippen LogP contribution in [0, 0.1) is 0 Å². The molecule has 1 aliphatic rings. The monoisotopic (exact) mass is 130 g/mol. The van der Waals surface area contributed by atoms with Gasteiger partial charge in [0.15, 0.2) is 0 Å². The third kappa shape index (κ3) is 2.30. The van der Waals surface area contributed by atoms with Crippen molar-refractivity contribution >= 4 is 0 Å². The summed E-state index contributed by atoms with van der Waals surface area (Å²) in [4.78, 5) is 5.00. The van der Waals surface area contributed by atoms with Crippen molar-refractivity contribution in [3.05, 3.63) is 0 Å². The predicted octanol–water partition coefficient (Wildman–Crippen LogP) is -0.111. The molecular weight excluding hydrogens is 116 g/mol. The van der Waals surface area contributed by atoms with E-state index in [0.717, 1.165) is 13.2 Å². The lowest BCUT2D eigenvalue weighted by molar-refractivity contribution is 0.0448. The molecule has 0 amide bonds. The summed E-state index contributed by atoms with van der Waals surface area (Å²) in [5, 5.41) is 3.33. The number of hydrogen-bond donors (Lipinski definition) is 2. The highest BCUT2D eigenvalue weighted by Crippen LogP contribution is 2.03. The maximum atomic E-state index is 5.00. The first-order valence-corrected chi connectivity index (χ1v) is 3.45. The minimum atomic E-state index is 0.581. The number of hydroxylamine groups is 1. The first-order valence-electron chi connectivity index (χ1n) is 3.45. The molecule has 0 bridgehead atoms. The Hall–Kier alpha value is -0.120. The van der Waals surface area contributed by atoms with Crippen molar-refractivity contribution in [2.45, 2.75) is 18.9 Å². The summed E-state index contributed by atoms with van der Waals surface area (Å²) in [5.41, 5.74) is 2.65. The Balaban J connectivity index is 1.98. The molecular formula is C6H14N2O. The average Bonchev–Trinajstić information content (AvgIpc) is 2.34. The van der Waals surface area contributed by atoms with E-state index >= 15 is 0 Å². The standard InChI is InChI=1S/C6H14N2O/c1-7-9-5-6-3-2-4-8-6/h6-8H,2-5H2,1H3. The van der Waals surface area contributed by atoms with Crippen molar-refractivity contribution in [1.82, 2.24) is 10.8 Å². The molecule has 0 aromatic heterocycles. The maximum absolute atomic E-state index is 5.00. The van der Waals surface area contributed by atoms with Crippen LogP contribution in [0.25, 0.3) is 0 Å². The van der Waals surface area contributed by atoms with Crippen LogP contribution in [-0.4, -0.2) is 26.2 Å². The van der Waals surface area contributed by atoms with Crippen LogP contribution in [-0.2, 0) is 4.84 Å². The van der Waals surface area contributed by atoms with E-state index in [1.54, 1.807) is 7.05 Å². The van der Waals surface area contributed by atoms with Crippen LogP contribution in [0.3, 0.4) is 0 Å². The quantitative estimate of drug-likeness (QED) is 0.523. The van der Waals surface area contributed by atoms with Gasteiger partial charge in [-0.3, -0.25) is 0 Å². The van der Waals surface area contributed by atoms with Crippen LogP contribution in [0.4, 0.5) is 0 Å². The van der Waals surface area contributed by atoms with Gasteiger partial charge >= 0.3 is 0 Å². The zero-order valence-corrected chi connectivity index (χ0v) is 5.81. The lowest BCUT2D eigenvalue weighted by Crippen LogP contribution is -2.29. The Bertz CT molecular complexity index is 71.5. The molecule has 54 valence electrons. The third-order valence-electron chi connectivity index (χ3n) is 1.59. The van der Waals surface area contributed by atoms with Crippen molar-refractivity contribution in [1.29, 1.82) is 0 Å². The van der Waals surface area contributed by atoms with Crippen molar-refractivity contribution in [2.75, 3.05) is 20.2 Å². The summed E-state index contributed by atoms with van der Waals surface area (Å²) in [5.74, 6) is 0. The highest BCUT2D eigenvalue weighted by atomic mass is 16.6. The van der Waals surface area contributed by atoms with Gasteiger partial charge in [-0.25, -0.2) is 5.48 Å². The predicted molar refractivity (Wildman–Crippen MR) is 36.0 cm³/mol. The molecule has 1 atom stereocenters. The summed E-state index contributed by atoms with van der Waals surface area (Å²) in [6, 6.07) is 0.581. The minimum absolute atomic E-state index is 0.581. The molecule has 1 rings (SSSR count). The van der Waals surface area contributed by atoms with E-state index in [1.165, 1.54) is 12.8 Å². The summed E-state index contributed by atoms with van der Waals surface area (Å²) in [7, 11) is 1.79. The second-order valence-corrected chi connectivity index (χ2v) is 2.31. The fraction of sp³-hybridized carbons (Fsp3) is 1.00. The molecule has 2 N–H and O–H groups in total. The van der Waals surface area contributed by atoms with Crippen molar-refractivity contribution < 1.29 is 4.84 Å². The molecule has 0 spiro atoms. The zero-order valence-electron chi connectivity index (χ0n) is 5.81. The molecule has 9 heavy (non-hydrogen) atoms. The topological polar surface area (TPSA) is 33.3 Å². The van der Waals surface area contributed by atoms with Crippen LogP contribution in [0.1, 0.15) is 12.8 Å². The van der Waals surface area contributed by atoms with E-state index < -0.39 is 0 Å². The van der Waals surface area contributed by atoms with Gasteiger partial charge in [-0.1, -0.05) is 0 Å². The molecule has 1 saturated heterocycles. The summed E-state index contributed by atoms with van der Waals surface area (Å²) >= 11 is 0. The van der Waals surface area contributed by atoms with E-state index in [-0.39, 0.29) is 0 Å². The van der Waals surface area contributed by atoms with Crippen LogP contribution < -0.4 is 10.8 Å². The molecule has 1 aliphatic heterocycles. The molecule has 3 nitrogen and oxygen atoms in total. The van der Waals surface area contributed by atoms with Crippen molar-refractivity contribution in [3.8, 4) is 0 Å². The fourth-order valence-electron chi connectivity index (χ4n) is 1.08. The normalized spacial score (nSPS) is 27.0. The first kappa shape index (κ1) is 6.99. The van der Waals surface area contributed by atoms with E-state index in [2.05, 4.69) is 10.8 Å². The SMILES string of the molecule is CNOCC1CCCN1. The second-order valence-electron chi connectivity index (χ2n) is 2.31. The minimum Gasteiger partial charge on any atom is -0.312 e. The number of hydrogen-bond acceptors (Lipinski definition) is 3. The first-order chi connectivity index (χ1) is 4.43. The van der Waals surface area contributed by atoms with Crippen LogP contribution >= 0.6 is 0 Å². The largest absolute Gasteiger partial charge is 0.312 e. The molecule has 3 heteroatoms. The highest BCUT2D eigenvalue weighted by molar-refractivity contribution is 4.72. The Morgan fingerprint density at radius 2 is 2.67 bits per heavy atom. The van der Waals surface area contributed by atoms with Gasteiger partial charge in [0, 0.05) is 13.1 Å². The van der Waals surface area contributed by atoms with E-state index in [1.807, 2.05) is 0 Å². The van der Waals surface area contributed by atoms with Gasteiger partial charge in [0.25, 0.3) is 0 Å². The highest BCUT2D eigenvalue weighted by Gasteiger charge is 2.12. The Morgan fingerprint density at radius 3 is 3.22 bits per heavy atom. The molecule has 1 heterocycles. The molecule has 0 radical (unpaired) electrons. The van der Waals surface area contributed by atoms with Crippen molar-refractivity contribution in [2.24, 2.45) is 0 Å². The van der Waals surface area contributed by atoms with E-state index in [0.29, 0.717) is 6.04 Å². The van der Waals surface area contributed by atoms with Crippen LogP contribution in [0.5, 0.6) is 0 Å². The summed E-state index contributed by atoms with van der Waals surface area (Å²) in [6.45, 7) is 1.94. The number of nitrogens with one attached hydrogen (secondary N) is 2. The molecule has 1 fully saturated rings. The van der Waals surface area contributed by atoms with Gasteiger partial charge in [0.1, 0.15) is 0 Å². The molecule has 0 aromatic rings. The Kier molecular flexibility index (Phi) is 2.97. The molecule has 0 aliphatic carbocycles. The fourth-order valence-corrected chi connectivity index (χ4v) is 1.08. The zero-order chi connectivity index (χ0) is 6.53. The van der Waals surface area contributed by atoms with E-state index in [9.17, 15) is 0 Å². The lowest BCUT2D eigenvalue weighted by atomic mass is 10.2. The van der Waals surface area contributed by atoms with Crippen molar-refractivity contribution in [3.63, 3.8) is 0 Å². The molecule has 0 saturated carbocycles. The molecule has 0 aromatic carbocycles. The Morgan fingerprint density at radius 1 is 1.78 bits per heavy atom. The van der Waals surface area contributed by atoms with Gasteiger partial charge in [0.05, 0.1) is 6.61 Å². The van der Waals surface area contributed by atoms with E-state index in [4.69, 9.17) is 4.84 Å². The summed E-state index contributed by atoms with van der Waals surface area (Å²) in [6.07, 6.45) is 2.54. The van der Waals surface area contributed by atoms with Gasteiger partial charge in [-0.2, -0.15) is 0 Å². The maximum Gasteiger partial charge on any atom is 0.0835 e. The van der Waals surface area contributed by atoms with Gasteiger partial charge in [0.2, 0.25) is 0 Å². The number of rotatable bonds is 3. The Labute approximate surface area is 55.7 Å². The smallest absolute Gasteiger partial charge is 0.0835 e. The lowest BCUT2D eigenvalue weighted by Gasteiger charge is -2.08. The van der Waals surface area contributed by atoms with Gasteiger partial charge in [-0.05, 0) is 19.4 Å². The molecule has 1 unspecified atom stereocenters. The third-order valence-corrected chi connectivity index (χ3v) is 1.59.